The van der Waals surface area contributed by atoms with Crippen LogP contribution < -0.4 is 10.6 Å². The highest BCUT2D eigenvalue weighted by molar-refractivity contribution is 7.80. The predicted molar refractivity (Wildman–Crippen MR) is 79.1 cm³/mol. The molecule has 2 N–H and O–H groups in total. The molecule has 4 heteroatoms. The minimum absolute atomic E-state index is 0.499. The van der Waals surface area contributed by atoms with Crippen molar-refractivity contribution in [3.8, 4) is 0 Å². The van der Waals surface area contributed by atoms with Crippen molar-refractivity contribution in [1.29, 1.82) is 0 Å². The lowest BCUT2D eigenvalue weighted by molar-refractivity contribution is 0.231. The fourth-order valence-corrected chi connectivity index (χ4v) is 3.34. The van der Waals surface area contributed by atoms with Crippen LogP contribution in [-0.4, -0.2) is 42.1 Å². The van der Waals surface area contributed by atoms with Gasteiger partial charge in [-0.2, -0.15) is 0 Å². The third kappa shape index (κ3) is 2.10. The van der Waals surface area contributed by atoms with E-state index in [-0.39, 0.29) is 0 Å². The number of piperazine rings is 1. The zero-order valence-corrected chi connectivity index (χ0v) is 11.3. The zero-order chi connectivity index (χ0) is 12.5. The van der Waals surface area contributed by atoms with E-state index >= 15 is 0 Å². The fraction of sp³-hybridized carbons (Fsp3) is 0.500. The number of anilines is 1. The van der Waals surface area contributed by atoms with Crippen LogP contribution in [0.5, 0.6) is 0 Å². The molecule has 3 nitrogen and oxygen atoms in total. The molecule has 0 saturated carbocycles. The Bertz CT molecular complexity index is 460. The van der Waals surface area contributed by atoms with Gasteiger partial charge in [-0.25, -0.2) is 0 Å². The number of thiocarbonyl (C=S) groups is 1. The molecule has 2 fully saturated rings. The Hall–Kier alpha value is -1.13. The summed E-state index contributed by atoms with van der Waals surface area (Å²) in [7, 11) is 0. The first kappa shape index (κ1) is 11.9. The van der Waals surface area contributed by atoms with Crippen molar-refractivity contribution >= 4 is 22.9 Å². The maximum absolute atomic E-state index is 5.82. The first-order valence-corrected chi connectivity index (χ1v) is 7.04. The predicted octanol–water partition coefficient (Wildman–Crippen LogP) is 1.61. The normalized spacial score (nSPS) is 24.0. The summed E-state index contributed by atoms with van der Waals surface area (Å²) in [5.74, 6) is 0. The number of hydrogen-bond acceptors (Lipinski definition) is 3. The highest BCUT2D eigenvalue weighted by Crippen LogP contribution is 2.27. The minimum Gasteiger partial charge on any atom is -0.389 e. The van der Waals surface area contributed by atoms with E-state index in [0.717, 1.165) is 31.2 Å². The number of fused-ring (bicyclic) bond motifs is 1. The second kappa shape index (κ2) is 4.86. The molecule has 96 valence electrons. The second-order valence-electron chi connectivity index (χ2n) is 5.16. The molecule has 1 aromatic carbocycles. The highest BCUT2D eigenvalue weighted by atomic mass is 32.1. The van der Waals surface area contributed by atoms with Crippen molar-refractivity contribution in [1.82, 2.24) is 4.90 Å². The number of nitrogens with two attached hydrogens (primary N) is 1. The lowest BCUT2D eigenvalue weighted by atomic mass is 10.1. The van der Waals surface area contributed by atoms with E-state index in [1.54, 1.807) is 0 Å². The minimum atomic E-state index is 0.499. The molecule has 0 aromatic heterocycles. The van der Waals surface area contributed by atoms with Crippen LogP contribution in [0.25, 0.3) is 0 Å². The van der Waals surface area contributed by atoms with Gasteiger partial charge >= 0.3 is 0 Å². The third-order valence-electron chi connectivity index (χ3n) is 4.10. The van der Waals surface area contributed by atoms with Gasteiger partial charge in [0.2, 0.25) is 0 Å². The van der Waals surface area contributed by atoms with E-state index in [0.29, 0.717) is 4.99 Å². The number of rotatable bonds is 2. The quantitative estimate of drug-likeness (QED) is 0.820. The largest absolute Gasteiger partial charge is 0.389 e. The zero-order valence-electron chi connectivity index (χ0n) is 10.5. The molecule has 2 aliphatic heterocycles. The highest BCUT2D eigenvalue weighted by Gasteiger charge is 2.31. The third-order valence-corrected chi connectivity index (χ3v) is 4.32. The smallest absolute Gasteiger partial charge is 0.106 e. The number of hydrogen-bond donors (Lipinski definition) is 1. The Morgan fingerprint density at radius 3 is 2.89 bits per heavy atom. The van der Waals surface area contributed by atoms with Crippen LogP contribution in [0.4, 0.5) is 5.69 Å². The van der Waals surface area contributed by atoms with Crippen LogP contribution in [0.2, 0.25) is 0 Å². The lowest BCUT2D eigenvalue weighted by Crippen LogP contribution is -2.50. The van der Waals surface area contributed by atoms with Gasteiger partial charge in [-0.1, -0.05) is 24.4 Å². The van der Waals surface area contributed by atoms with Crippen LogP contribution >= 0.6 is 12.2 Å². The van der Waals surface area contributed by atoms with Crippen LogP contribution in [-0.2, 0) is 0 Å². The van der Waals surface area contributed by atoms with Gasteiger partial charge in [-0.3, -0.25) is 4.90 Å². The molecule has 2 aliphatic rings. The van der Waals surface area contributed by atoms with E-state index in [9.17, 15) is 0 Å². The molecular weight excluding hydrogens is 242 g/mol. The van der Waals surface area contributed by atoms with E-state index in [1.807, 2.05) is 12.1 Å². The lowest BCUT2D eigenvalue weighted by Gasteiger charge is -2.39. The monoisotopic (exact) mass is 261 g/mol. The second-order valence-corrected chi connectivity index (χ2v) is 5.60. The average molecular weight is 261 g/mol. The van der Waals surface area contributed by atoms with Crippen LogP contribution in [0, 0.1) is 0 Å². The Morgan fingerprint density at radius 2 is 2.06 bits per heavy atom. The Balaban J connectivity index is 1.85. The molecule has 0 radical (unpaired) electrons. The molecular formula is C14H19N3S. The molecule has 1 unspecified atom stereocenters. The van der Waals surface area contributed by atoms with Crippen LogP contribution in [0.15, 0.2) is 24.3 Å². The summed E-state index contributed by atoms with van der Waals surface area (Å²) in [6.45, 7) is 4.63. The molecule has 1 aromatic rings. The van der Waals surface area contributed by atoms with Crippen molar-refractivity contribution in [3.63, 3.8) is 0 Å². The summed E-state index contributed by atoms with van der Waals surface area (Å²) in [6.07, 6.45) is 2.67. The van der Waals surface area contributed by atoms with Gasteiger partial charge < -0.3 is 10.6 Å². The van der Waals surface area contributed by atoms with Crippen molar-refractivity contribution in [2.75, 3.05) is 31.1 Å². The Labute approximate surface area is 114 Å². The van der Waals surface area contributed by atoms with Crippen LogP contribution in [0.1, 0.15) is 18.4 Å². The van der Waals surface area contributed by atoms with E-state index in [2.05, 4.69) is 21.9 Å². The maximum Gasteiger partial charge on any atom is 0.106 e. The number of nitrogens with zero attached hydrogens (tertiary/aromatic N) is 2. The van der Waals surface area contributed by atoms with Gasteiger partial charge in [-0.15, -0.1) is 0 Å². The first-order chi connectivity index (χ1) is 8.75. The molecule has 0 spiro atoms. The van der Waals surface area contributed by atoms with Crippen molar-refractivity contribution < 1.29 is 0 Å². The average Bonchev–Trinajstić information content (AvgIpc) is 2.85. The summed E-state index contributed by atoms with van der Waals surface area (Å²) < 4.78 is 0. The summed E-state index contributed by atoms with van der Waals surface area (Å²) in [5, 5.41) is 0. The van der Waals surface area contributed by atoms with E-state index in [1.165, 1.54) is 25.1 Å². The van der Waals surface area contributed by atoms with Gasteiger partial charge in [0.05, 0.1) is 0 Å². The van der Waals surface area contributed by atoms with Crippen molar-refractivity contribution in [3.05, 3.63) is 29.8 Å². The molecule has 3 rings (SSSR count). The molecule has 18 heavy (non-hydrogen) atoms. The maximum atomic E-state index is 5.82. The van der Waals surface area contributed by atoms with E-state index < -0.39 is 0 Å². The fourth-order valence-electron chi connectivity index (χ4n) is 3.17. The summed E-state index contributed by atoms with van der Waals surface area (Å²) in [6, 6.07) is 8.96. The summed E-state index contributed by atoms with van der Waals surface area (Å²) in [4.78, 5) is 5.56. The Kier molecular flexibility index (Phi) is 3.22. The van der Waals surface area contributed by atoms with E-state index in [4.69, 9.17) is 18.0 Å². The van der Waals surface area contributed by atoms with Crippen LogP contribution in [0.3, 0.4) is 0 Å². The summed E-state index contributed by atoms with van der Waals surface area (Å²) in [5.41, 5.74) is 8.04. The summed E-state index contributed by atoms with van der Waals surface area (Å²) >= 11 is 5.15. The van der Waals surface area contributed by atoms with Crippen molar-refractivity contribution in [2.45, 2.75) is 18.9 Å². The molecule has 2 heterocycles. The Morgan fingerprint density at radius 1 is 1.22 bits per heavy atom. The number of benzene rings is 1. The standard InChI is InChI=1S/C14H19N3S/c15-14(18)12-5-1-2-6-13(12)17-9-8-16-7-3-4-11(16)10-17/h1-2,5-6,11H,3-4,7-10H2,(H2,15,18). The first-order valence-electron chi connectivity index (χ1n) is 6.63. The molecule has 1 atom stereocenters. The van der Waals surface area contributed by atoms with Gasteiger partial charge in [0.1, 0.15) is 4.99 Å². The van der Waals surface area contributed by atoms with Gasteiger partial charge in [0, 0.05) is 36.9 Å². The molecule has 0 aliphatic carbocycles. The van der Waals surface area contributed by atoms with Crippen molar-refractivity contribution in [2.24, 2.45) is 5.73 Å². The molecule has 2 saturated heterocycles. The van der Waals surface area contributed by atoms with Gasteiger partial charge in [0.25, 0.3) is 0 Å². The SMILES string of the molecule is NC(=S)c1ccccc1N1CCN2CCCC2C1. The van der Waals surface area contributed by atoms with Gasteiger partial charge in [0.15, 0.2) is 0 Å². The number of para-hydroxylation sites is 1. The molecule has 0 amide bonds. The topological polar surface area (TPSA) is 32.5 Å². The van der Waals surface area contributed by atoms with Gasteiger partial charge in [-0.05, 0) is 31.5 Å². The molecule has 0 bridgehead atoms.